The monoisotopic (exact) mass is 495 g/mol. The van der Waals surface area contributed by atoms with Crippen LogP contribution in [0.3, 0.4) is 0 Å². The van der Waals surface area contributed by atoms with Crippen LogP contribution in [0.25, 0.3) is 0 Å². The molecule has 35 heavy (non-hydrogen) atoms. The molecule has 0 unspecified atom stereocenters. The van der Waals surface area contributed by atoms with Crippen molar-refractivity contribution in [3.8, 4) is 0 Å². The Labute approximate surface area is 207 Å². The Morgan fingerprint density at radius 2 is 1.91 bits per heavy atom. The summed E-state index contributed by atoms with van der Waals surface area (Å²) in [5.41, 5.74) is -4.31. The standard InChI is InChI=1S/C26H41NO8/c1-6-27-11-23(12-32-3)8-7-17(29)25-15-9-14-16(33-4)10-24(30,18(15)19(14)35-13(2)28)26(31,22(25)27)21(34-5)20(23)25/h14-22,29-31H,6-12H2,1-5H3/t14-,15-,16+,17+,18-,19+,20-,21+,22+,23+,24-,25+,26-/m1/s1. The average molecular weight is 496 g/mol. The van der Waals surface area contributed by atoms with Crippen LogP contribution in [0.2, 0.25) is 0 Å². The number of aliphatic hydroxyl groups excluding tert-OH is 1. The van der Waals surface area contributed by atoms with E-state index in [1.165, 1.54) is 6.92 Å². The zero-order valence-corrected chi connectivity index (χ0v) is 21.5. The molecule has 1 spiro atoms. The van der Waals surface area contributed by atoms with Gasteiger partial charge in [-0.15, -0.1) is 0 Å². The number of aliphatic hydroxyl groups is 3. The number of hydrogen-bond donors (Lipinski definition) is 3. The molecule has 9 nitrogen and oxygen atoms in total. The van der Waals surface area contributed by atoms with E-state index in [-0.39, 0.29) is 35.7 Å². The molecule has 1 aliphatic heterocycles. The molecule has 7 bridgehead atoms. The van der Waals surface area contributed by atoms with Crippen molar-refractivity contribution in [3.63, 3.8) is 0 Å². The third-order valence-electron chi connectivity index (χ3n) is 11.5. The summed E-state index contributed by atoms with van der Waals surface area (Å²) in [7, 11) is 4.93. The number of nitrogens with zero attached hydrogens (tertiary/aromatic N) is 1. The molecule has 1 heterocycles. The highest BCUT2D eigenvalue weighted by atomic mass is 16.6. The second-order valence-electron chi connectivity index (χ2n) is 12.3. The van der Waals surface area contributed by atoms with Gasteiger partial charge in [-0.2, -0.15) is 0 Å². The lowest BCUT2D eigenvalue weighted by Crippen LogP contribution is -2.82. The molecule has 5 aliphatic carbocycles. The van der Waals surface area contributed by atoms with Gasteiger partial charge in [0.1, 0.15) is 17.3 Å². The van der Waals surface area contributed by atoms with E-state index in [1.807, 2.05) is 0 Å². The summed E-state index contributed by atoms with van der Waals surface area (Å²) < 4.78 is 23.8. The third-order valence-corrected chi connectivity index (χ3v) is 11.5. The van der Waals surface area contributed by atoms with Crippen molar-refractivity contribution in [2.24, 2.45) is 34.5 Å². The van der Waals surface area contributed by atoms with E-state index in [1.54, 1.807) is 21.3 Å². The van der Waals surface area contributed by atoms with Gasteiger partial charge in [0.05, 0.1) is 31.0 Å². The van der Waals surface area contributed by atoms with E-state index < -0.39 is 52.9 Å². The predicted molar refractivity (Wildman–Crippen MR) is 123 cm³/mol. The number of esters is 1. The summed E-state index contributed by atoms with van der Waals surface area (Å²) in [6.45, 7) is 5.36. The van der Waals surface area contributed by atoms with Gasteiger partial charge < -0.3 is 34.3 Å². The largest absolute Gasteiger partial charge is 0.462 e. The lowest BCUT2D eigenvalue weighted by Gasteiger charge is -2.69. The van der Waals surface area contributed by atoms with Crippen molar-refractivity contribution in [2.75, 3.05) is 41.0 Å². The summed E-state index contributed by atoms with van der Waals surface area (Å²) in [6.07, 6.45) is -0.0360. The second-order valence-corrected chi connectivity index (χ2v) is 12.3. The SMILES string of the molecule is CCN1C[C@]2(COC)CC[C@H](O)[C@@]34[C@@H]5C[C@H]6[C@H](OC(C)=O)[C@@H]5[C@](O)(C[C@@H]6OC)[C@@](O)([C@@H](OC)[C@H]23)[C@@H]14. The molecule has 198 valence electrons. The van der Waals surface area contributed by atoms with Crippen molar-refractivity contribution in [3.05, 3.63) is 0 Å². The lowest BCUT2D eigenvalue weighted by molar-refractivity contribution is -0.318. The molecule has 0 amide bonds. The molecule has 0 aromatic rings. The first-order chi connectivity index (χ1) is 16.6. The molecule has 1 saturated heterocycles. The average Bonchev–Trinajstić information content (AvgIpc) is 3.21. The van der Waals surface area contributed by atoms with Crippen molar-refractivity contribution in [1.29, 1.82) is 0 Å². The minimum absolute atomic E-state index is 0.0979. The zero-order chi connectivity index (χ0) is 25.1. The van der Waals surface area contributed by atoms with Crippen molar-refractivity contribution in [2.45, 2.75) is 81.2 Å². The van der Waals surface area contributed by atoms with E-state index in [4.69, 9.17) is 18.9 Å². The van der Waals surface area contributed by atoms with Crippen molar-refractivity contribution in [1.82, 2.24) is 4.90 Å². The number of likely N-dealkylation sites (tertiary alicyclic amines) is 1. The first-order valence-corrected chi connectivity index (χ1v) is 13.2. The lowest BCUT2D eigenvalue weighted by atomic mass is 9.42. The Kier molecular flexibility index (Phi) is 5.34. The van der Waals surface area contributed by atoms with E-state index in [0.717, 1.165) is 13.0 Å². The Morgan fingerprint density at radius 1 is 1.17 bits per heavy atom. The zero-order valence-electron chi connectivity index (χ0n) is 21.5. The first kappa shape index (κ1) is 24.5. The number of hydrogen-bond acceptors (Lipinski definition) is 9. The molecule has 13 atom stereocenters. The molecule has 0 aromatic heterocycles. The van der Waals surface area contributed by atoms with Gasteiger partial charge in [0.25, 0.3) is 0 Å². The fourth-order valence-electron chi connectivity index (χ4n) is 11.0. The van der Waals surface area contributed by atoms with E-state index in [2.05, 4.69) is 11.8 Å². The van der Waals surface area contributed by atoms with Crippen LogP contribution in [-0.2, 0) is 23.7 Å². The van der Waals surface area contributed by atoms with E-state index in [9.17, 15) is 20.1 Å². The number of ether oxygens (including phenoxy) is 4. The van der Waals surface area contributed by atoms with Gasteiger partial charge in [-0.25, -0.2) is 0 Å². The topological polar surface area (TPSA) is 118 Å². The van der Waals surface area contributed by atoms with Crippen LogP contribution in [0.15, 0.2) is 0 Å². The van der Waals surface area contributed by atoms with Crippen molar-refractivity contribution >= 4 is 5.97 Å². The van der Waals surface area contributed by atoms with E-state index in [0.29, 0.717) is 26.0 Å². The molecule has 5 saturated carbocycles. The Bertz CT molecular complexity index is 903. The minimum atomic E-state index is -1.67. The summed E-state index contributed by atoms with van der Waals surface area (Å²) in [4.78, 5) is 14.5. The maximum absolute atomic E-state index is 13.0. The molecule has 6 aliphatic rings. The highest BCUT2D eigenvalue weighted by Gasteiger charge is 2.91. The van der Waals surface area contributed by atoms with Gasteiger partial charge in [-0.3, -0.25) is 9.69 Å². The number of fused-ring (bicyclic) bond motifs is 2. The maximum atomic E-state index is 13.0. The van der Waals surface area contributed by atoms with Crippen LogP contribution in [0, 0.1) is 34.5 Å². The number of carbonyl (C=O) groups excluding carboxylic acids is 1. The highest BCUT2D eigenvalue weighted by molar-refractivity contribution is 5.66. The van der Waals surface area contributed by atoms with Crippen LogP contribution in [-0.4, -0.2) is 109 Å². The molecule has 0 aromatic carbocycles. The van der Waals surface area contributed by atoms with Crippen LogP contribution in [0.5, 0.6) is 0 Å². The van der Waals surface area contributed by atoms with E-state index >= 15 is 0 Å². The Morgan fingerprint density at radius 3 is 2.51 bits per heavy atom. The van der Waals surface area contributed by atoms with Gasteiger partial charge in [0, 0.05) is 69.8 Å². The summed E-state index contributed by atoms with van der Waals surface area (Å²) in [6, 6.07) is -0.478. The van der Waals surface area contributed by atoms with Gasteiger partial charge in [0.15, 0.2) is 0 Å². The predicted octanol–water partition coefficient (Wildman–Crippen LogP) is 0.188. The molecule has 3 N–H and O–H groups in total. The summed E-state index contributed by atoms with van der Waals surface area (Å²) >= 11 is 0. The molecule has 6 fully saturated rings. The van der Waals surface area contributed by atoms with Crippen molar-refractivity contribution < 1.29 is 39.1 Å². The molecule has 0 radical (unpaired) electrons. The summed E-state index contributed by atoms with van der Waals surface area (Å²) in [5.74, 6) is -1.35. The first-order valence-electron chi connectivity index (χ1n) is 13.2. The number of piperidine rings is 1. The molecule has 6 rings (SSSR count). The number of carbonyl (C=O) groups is 1. The fourth-order valence-corrected chi connectivity index (χ4v) is 11.0. The van der Waals surface area contributed by atoms with Crippen LogP contribution in [0.1, 0.15) is 39.5 Å². The highest BCUT2D eigenvalue weighted by Crippen LogP contribution is 2.80. The van der Waals surface area contributed by atoms with Gasteiger partial charge in [-0.05, 0) is 31.7 Å². The quantitative estimate of drug-likeness (QED) is 0.444. The fraction of sp³-hybridized carbons (Fsp3) is 0.962. The van der Waals surface area contributed by atoms with Crippen LogP contribution >= 0.6 is 0 Å². The molecular weight excluding hydrogens is 454 g/mol. The van der Waals surface area contributed by atoms with Gasteiger partial charge in [0.2, 0.25) is 0 Å². The number of rotatable bonds is 6. The van der Waals surface area contributed by atoms with Gasteiger partial charge >= 0.3 is 5.97 Å². The Balaban J connectivity index is 1.65. The second kappa shape index (κ2) is 7.62. The van der Waals surface area contributed by atoms with Crippen LogP contribution in [0.4, 0.5) is 0 Å². The van der Waals surface area contributed by atoms with Crippen LogP contribution < -0.4 is 0 Å². The summed E-state index contributed by atoms with van der Waals surface area (Å²) in [5, 5.41) is 37.7. The minimum Gasteiger partial charge on any atom is -0.462 e. The third kappa shape index (κ3) is 2.48. The van der Waals surface area contributed by atoms with Gasteiger partial charge in [-0.1, -0.05) is 6.92 Å². The number of methoxy groups -OCH3 is 3. The molecule has 9 heteroatoms. The normalized spacial score (nSPS) is 57.9. The smallest absolute Gasteiger partial charge is 0.302 e. The maximum Gasteiger partial charge on any atom is 0.302 e. The Hall–Kier alpha value is -0.810. The number of likely N-dealkylation sites (N-methyl/N-ethyl adjacent to an activating group) is 1. The molecular formula is C26H41NO8.